The molecule has 0 unspecified atom stereocenters. The van der Waals surface area contributed by atoms with E-state index in [4.69, 9.17) is 69.6 Å². The highest BCUT2D eigenvalue weighted by Crippen LogP contribution is 2.33. The van der Waals surface area contributed by atoms with Crippen LogP contribution < -0.4 is 0 Å². The summed E-state index contributed by atoms with van der Waals surface area (Å²) in [6.07, 6.45) is 10.3. The van der Waals surface area contributed by atoms with Gasteiger partial charge in [0.1, 0.15) is 0 Å². The molecule has 0 aliphatic rings. The molecule has 0 radical (unpaired) electrons. The molecule has 0 atom stereocenters. The molecule has 0 saturated carbocycles. The van der Waals surface area contributed by atoms with E-state index in [0.717, 1.165) is 25.7 Å². The van der Waals surface area contributed by atoms with Crippen LogP contribution in [0.5, 0.6) is 0 Å². The Bertz CT molecular complexity index is 172. The fourth-order valence-electron chi connectivity index (χ4n) is 1.71. The Morgan fingerprint density at radius 2 is 0.611 bits per heavy atom. The van der Waals surface area contributed by atoms with Gasteiger partial charge in [0.25, 0.3) is 0 Å². The zero-order valence-corrected chi connectivity index (χ0v) is 14.9. The molecule has 0 aliphatic carbocycles. The number of alkyl halides is 6. The number of unbranched alkanes of at least 4 members (excludes halogenated alkanes) is 7. The van der Waals surface area contributed by atoms with Gasteiger partial charge >= 0.3 is 0 Å². The predicted molar refractivity (Wildman–Crippen MR) is 86.8 cm³/mol. The Balaban J connectivity index is 3.13. The topological polar surface area (TPSA) is 0 Å². The molecule has 18 heavy (non-hydrogen) atoms. The Morgan fingerprint density at radius 3 is 0.833 bits per heavy atom. The molecule has 0 amide bonds. The lowest BCUT2D eigenvalue weighted by Crippen LogP contribution is -2.01. The smallest absolute Gasteiger partial charge is 0.0837 e. The van der Waals surface area contributed by atoms with Crippen LogP contribution in [0, 0.1) is 0 Å². The maximum atomic E-state index is 5.67. The highest BCUT2D eigenvalue weighted by molar-refractivity contribution is 6.67. The standard InChI is InChI=1S/C12H20Cl6/c13-11(14,15)9-7-5-3-1-2-4-6-8-10-12(16,17)18/h1-10H2. The molecule has 6 heteroatoms. The van der Waals surface area contributed by atoms with Crippen molar-refractivity contribution in [1.82, 2.24) is 0 Å². The maximum absolute atomic E-state index is 5.67. The van der Waals surface area contributed by atoms with E-state index in [1.165, 1.54) is 25.7 Å². The molecule has 0 rings (SSSR count). The van der Waals surface area contributed by atoms with Crippen LogP contribution in [0.3, 0.4) is 0 Å². The minimum Gasteiger partial charge on any atom is -0.0837 e. The van der Waals surface area contributed by atoms with Gasteiger partial charge in [-0.2, -0.15) is 0 Å². The molecular formula is C12H20Cl6. The van der Waals surface area contributed by atoms with E-state index in [1.807, 2.05) is 0 Å². The molecule has 0 aromatic heterocycles. The van der Waals surface area contributed by atoms with Crippen molar-refractivity contribution in [2.24, 2.45) is 0 Å². The van der Waals surface area contributed by atoms with Crippen molar-refractivity contribution >= 4 is 69.6 Å². The van der Waals surface area contributed by atoms with Gasteiger partial charge in [-0.05, 0) is 25.7 Å². The molecule has 0 fully saturated rings. The van der Waals surface area contributed by atoms with Gasteiger partial charge in [0.05, 0.1) is 0 Å². The van der Waals surface area contributed by atoms with E-state index >= 15 is 0 Å². The van der Waals surface area contributed by atoms with E-state index in [2.05, 4.69) is 0 Å². The Kier molecular flexibility index (Phi) is 11.5. The van der Waals surface area contributed by atoms with Crippen molar-refractivity contribution < 1.29 is 0 Å². The summed E-state index contributed by atoms with van der Waals surface area (Å²) in [6.45, 7) is 0. The average molecular weight is 377 g/mol. The van der Waals surface area contributed by atoms with Crippen molar-refractivity contribution in [1.29, 1.82) is 0 Å². The molecule has 0 nitrogen and oxygen atoms in total. The lowest BCUT2D eigenvalue weighted by atomic mass is 10.1. The average Bonchev–Trinajstić information content (AvgIpc) is 2.17. The summed E-state index contributed by atoms with van der Waals surface area (Å²) in [7, 11) is 0. The Morgan fingerprint density at radius 1 is 0.389 bits per heavy atom. The van der Waals surface area contributed by atoms with Crippen molar-refractivity contribution in [2.75, 3.05) is 0 Å². The normalized spacial score (nSPS) is 13.0. The number of hydrogen-bond donors (Lipinski definition) is 0. The summed E-state index contributed by atoms with van der Waals surface area (Å²) in [5, 5.41) is 0. The van der Waals surface area contributed by atoms with Crippen molar-refractivity contribution in [3.8, 4) is 0 Å². The van der Waals surface area contributed by atoms with Gasteiger partial charge in [-0.25, -0.2) is 0 Å². The second-order valence-corrected chi connectivity index (χ2v) is 9.59. The Labute approximate surface area is 141 Å². The van der Waals surface area contributed by atoms with Gasteiger partial charge in [0.2, 0.25) is 0 Å². The SMILES string of the molecule is ClC(Cl)(Cl)CCCCCCCCCCC(Cl)(Cl)Cl. The quantitative estimate of drug-likeness (QED) is 0.286. The molecule has 0 aromatic carbocycles. The minimum absolute atomic E-state index is 0.640. The van der Waals surface area contributed by atoms with E-state index in [1.54, 1.807) is 0 Å². The largest absolute Gasteiger partial charge is 0.190 e. The fraction of sp³-hybridized carbons (Fsp3) is 1.00. The van der Waals surface area contributed by atoms with Crippen LogP contribution in [0.2, 0.25) is 0 Å². The van der Waals surface area contributed by atoms with Crippen LogP contribution in [-0.4, -0.2) is 7.59 Å². The molecule has 0 aromatic rings. The number of rotatable bonds is 9. The maximum Gasteiger partial charge on any atom is 0.190 e. The van der Waals surface area contributed by atoms with Crippen LogP contribution >= 0.6 is 69.6 Å². The zero-order chi connectivity index (χ0) is 14.1. The molecule has 0 aliphatic heterocycles. The molecule has 110 valence electrons. The van der Waals surface area contributed by atoms with Crippen molar-refractivity contribution in [3.63, 3.8) is 0 Å². The highest BCUT2D eigenvalue weighted by atomic mass is 35.6. The monoisotopic (exact) mass is 374 g/mol. The van der Waals surface area contributed by atoms with Crippen LogP contribution in [0.1, 0.15) is 64.2 Å². The van der Waals surface area contributed by atoms with E-state index in [0.29, 0.717) is 12.8 Å². The van der Waals surface area contributed by atoms with Crippen molar-refractivity contribution in [2.45, 2.75) is 71.8 Å². The molecule has 0 N–H and O–H groups in total. The minimum atomic E-state index is -1.09. The first-order valence-electron chi connectivity index (χ1n) is 6.34. The van der Waals surface area contributed by atoms with Crippen LogP contribution in [0.4, 0.5) is 0 Å². The molecular weight excluding hydrogens is 357 g/mol. The number of hydrogen-bond acceptors (Lipinski definition) is 0. The van der Waals surface area contributed by atoms with Crippen LogP contribution in [0.25, 0.3) is 0 Å². The lowest BCUT2D eigenvalue weighted by molar-refractivity contribution is 0.554. The summed E-state index contributed by atoms with van der Waals surface area (Å²) >= 11 is 34.0. The third-order valence-corrected chi connectivity index (χ3v) is 3.80. The van der Waals surface area contributed by atoms with Gasteiger partial charge in [-0.1, -0.05) is 108 Å². The summed E-state index contributed by atoms with van der Waals surface area (Å²) in [4.78, 5) is 0. The molecule has 0 saturated heterocycles. The van der Waals surface area contributed by atoms with Gasteiger partial charge in [0, 0.05) is 0 Å². The van der Waals surface area contributed by atoms with E-state index < -0.39 is 7.59 Å². The molecule has 0 bridgehead atoms. The molecule has 0 spiro atoms. The van der Waals surface area contributed by atoms with Crippen LogP contribution in [-0.2, 0) is 0 Å². The highest BCUT2D eigenvalue weighted by Gasteiger charge is 2.18. The Hall–Kier alpha value is 1.74. The van der Waals surface area contributed by atoms with Gasteiger partial charge < -0.3 is 0 Å². The van der Waals surface area contributed by atoms with E-state index in [9.17, 15) is 0 Å². The first-order valence-corrected chi connectivity index (χ1v) is 8.61. The summed E-state index contributed by atoms with van der Waals surface area (Å²) in [5.74, 6) is 0. The summed E-state index contributed by atoms with van der Waals surface area (Å²) in [5.41, 5.74) is 0. The van der Waals surface area contributed by atoms with Crippen LogP contribution in [0.15, 0.2) is 0 Å². The second-order valence-electron chi connectivity index (χ2n) is 4.56. The predicted octanol–water partition coefficient (Wildman–Crippen LogP) is 7.63. The van der Waals surface area contributed by atoms with E-state index in [-0.39, 0.29) is 0 Å². The first kappa shape index (κ1) is 19.7. The zero-order valence-electron chi connectivity index (χ0n) is 10.3. The van der Waals surface area contributed by atoms with Gasteiger partial charge in [-0.3, -0.25) is 0 Å². The second kappa shape index (κ2) is 10.5. The third kappa shape index (κ3) is 17.7. The van der Waals surface area contributed by atoms with Crippen molar-refractivity contribution in [3.05, 3.63) is 0 Å². The number of halogens is 6. The van der Waals surface area contributed by atoms with Gasteiger partial charge in [0.15, 0.2) is 7.59 Å². The first-order chi connectivity index (χ1) is 8.21. The summed E-state index contributed by atoms with van der Waals surface area (Å²) < 4.78 is -2.17. The third-order valence-electron chi connectivity index (χ3n) is 2.67. The van der Waals surface area contributed by atoms with Gasteiger partial charge in [-0.15, -0.1) is 0 Å². The summed E-state index contributed by atoms with van der Waals surface area (Å²) in [6, 6.07) is 0. The lowest BCUT2D eigenvalue weighted by Gasteiger charge is -2.10. The fourth-order valence-corrected chi connectivity index (χ4v) is 2.51. The molecule has 0 heterocycles.